The van der Waals surface area contributed by atoms with E-state index in [1.54, 1.807) is 12.1 Å². The summed E-state index contributed by atoms with van der Waals surface area (Å²) < 4.78 is 5.98. The SMILES string of the molecule is O=C(CN1CCOCC1)N1CCN(c2ccc(Br)cc2[N+](=O)[O-])CC1. The number of amides is 1. The molecule has 0 aromatic heterocycles. The molecule has 9 heteroatoms. The molecule has 0 spiro atoms. The Labute approximate surface area is 154 Å². The number of carbonyl (C=O) groups is 1. The molecule has 0 atom stereocenters. The summed E-state index contributed by atoms with van der Waals surface area (Å²) in [7, 11) is 0. The van der Waals surface area contributed by atoms with Gasteiger partial charge in [0.25, 0.3) is 5.69 Å². The summed E-state index contributed by atoms with van der Waals surface area (Å²) in [6.45, 7) is 5.69. The Bertz CT molecular complexity index is 643. The minimum atomic E-state index is -0.365. The topological polar surface area (TPSA) is 79.2 Å². The molecule has 2 saturated heterocycles. The van der Waals surface area contributed by atoms with Gasteiger partial charge in [0, 0.05) is 49.8 Å². The van der Waals surface area contributed by atoms with Crippen LogP contribution in [0, 0.1) is 10.1 Å². The largest absolute Gasteiger partial charge is 0.379 e. The zero-order chi connectivity index (χ0) is 17.8. The van der Waals surface area contributed by atoms with Gasteiger partial charge in [-0.05, 0) is 12.1 Å². The highest BCUT2D eigenvalue weighted by Crippen LogP contribution is 2.31. The molecule has 3 rings (SSSR count). The Morgan fingerprint density at radius 2 is 1.84 bits per heavy atom. The lowest BCUT2D eigenvalue weighted by Crippen LogP contribution is -2.52. The molecule has 0 unspecified atom stereocenters. The Kier molecular flexibility index (Phi) is 5.87. The maximum atomic E-state index is 12.4. The summed E-state index contributed by atoms with van der Waals surface area (Å²) in [5.41, 5.74) is 0.691. The highest BCUT2D eigenvalue weighted by atomic mass is 79.9. The third-order valence-electron chi connectivity index (χ3n) is 4.57. The number of ether oxygens (including phenoxy) is 1. The number of nitrogens with zero attached hydrogens (tertiary/aromatic N) is 4. The number of nitro groups is 1. The van der Waals surface area contributed by atoms with Crippen molar-refractivity contribution in [2.75, 3.05) is 63.9 Å². The fourth-order valence-electron chi connectivity index (χ4n) is 3.16. The van der Waals surface area contributed by atoms with Crippen LogP contribution in [-0.4, -0.2) is 79.7 Å². The van der Waals surface area contributed by atoms with E-state index in [0.29, 0.717) is 56.1 Å². The summed E-state index contributed by atoms with van der Waals surface area (Å²) in [5.74, 6) is 0.117. The predicted molar refractivity (Wildman–Crippen MR) is 96.8 cm³/mol. The van der Waals surface area contributed by atoms with Crippen LogP contribution in [0.15, 0.2) is 22.7 Å². The lowest BCUT2D eigenvalue weighted by molar-refractivity contribution is -0.384. The molecule has 1 aromatic carbocycles. The Hall–Kier alpha value is -1.71. The molecule has 0 radical (unpaired) electrons. The minimum absolute atomic E-state index is 0.0856. The van der Waals surface area contributed by atoms with Crippen LogP contribution >= 0.6 is 15.9 Å². The number of rotatable bonds is 4. The van der Waals surface area contributed by atoms with Crippen LogP contribution in [-0.2, 0) is 9.53 Å². The molecule has 8 nitrogen and oxygen atoms in total. The second-order valence-electron chi connectivity index (χ2n) is 6.15. The standard InChI is InChI=1S/C16H21BrN4O4/c17-13-1-2-14(15(11-13)21(23)24)19-3-5-20(6-4-19)16(22)12-18-7-9-25-10-8-18/h1-2,11H,3-10,12H2. The first-order valence-electron chi connectivity index (χ1n) is 8.31. The number of anilines is 1. The number of hydrogen-bond donors (Lipinski definition) is 0. The van der Waals surface area contributed by atoms with Crippen LogP contribution in [0.25, 0.3) is 0 Å². The van der Waals surface area contributed by atoms with E-state index in [9.17, 15) is 14.9 Å². The number of morpholine rings is 1. The van der Waals surface area contributed by atoms with E-state index in [1.807, 2.05) is 9.80 Å². The van der Waals surface area contributed by atoms with Gasteiger partial charge >= 0.3 is 0 Å². The molecule has 136 valence electrons. The molecule has 0 aliphatic carbocycles. The van der Waals surface area contributed by atoms with Crippen LogP contribution in [0.5, 0.6) is 0 Å². The van der Waals surface area contributed by atoms with Gasteiger partial charge in [-0.1, -0.05) is 15.9 Å². The summed E-state index contributed by atoms with van der Waals surface area (Å²) in [4.78, 5) is 29.3. The van der Waals surface area contributed by atoms with Crippen LogP contribution in [0.2, 0.25) is 0 Å². The van der Waals surface area contributed by atoms with Crippen molar-refractivity contribution in [2.45, 2.75) is 0 Å². The van der Waals surface area contributed by atoms with E-state index in [1.165, 1.54) is 6.07 Å². The van der Waals surface area contributed by atoms with Crippen LogP contribution in [0.4, 0.5) is 11.4 Å². The highest BCUT2D eigenvalue weighted by molar-refractivity contribution is 9.10. The smallest absolute Gasteiger partial charge is 0.293 e. The number of benzene rings is 1. The quantitative estimate of drug-likeness (QED) is 0.548. The van der Waals surface area contributed by atoms with Crippen molar-refractivity contribution in [3.05, 3.63) is 32.8 Å². The van der Waals surface area contributed by atoms with E-state index in [-0.39, 0.29) is 16.5 Å². The van der Waals surface area contributed by atoms with E-state index < -0.39 is 0 Å². The van der Waals surface area contributed by atoms with Gasteiger partial charge in [0.05, 0.1) is 24.7 Å². The van der Waals surface area contributed by atoms with Crippen LogP contribution in [0.3, 0.4) is 0 Å². The third kappa shape index (κ3) is 4.47. The van der Waals surface area contributed by atoms with Crippen molar-refractivity contribution in [3.63, 3.8) is 0 Å². The number of hydrogen-bond acceptors (Lipinski definition) is 6. The molecule has 2 heterocycles. The van der Waals surface area contributed by atoms with Crippen LogP contribution in [0.1, 0.15) is 0 Å². The second kappa shape index (κ2) is 8.11. The van der Waals surface area contributed by atoms with Gasteiger partial charge in [0.1, 0.15) is 5.69 Å². The monoisotopic (exact) mass is 412 g/mol. The second-order valence-corrected chi connectivity index (χ2v) is 7.06. The zero-order valence-electron chi connectivity index (χ0n) is 13.9. The van der Waals surface area contributed by atoms with Gasteiger partial charge in [0.2, 0.25) is 5.91 Å². The molecule has 2 fully saturated rings. The average Bonchev–Trinajstić information content (AvgIpc) is 2.62. The molecule has 0 bridgehead atoms. The van der Waals surface area contributed by atoms with Crippen molar-refractivity contribution in [1.29, 1.82) is 0 Å². The third-order valence-corrected chi connectivity index (χ3v) is 5.06. The molecule has 0 saturated carbocycles. The minimum Gasteiger partial charge on any atom is -0.379 e. The van der Waals surface area contributed by atoms with E-state index in [0.717, 1.165) is 13.1 Å². The van der Waals surface area contributed by atoms with Gasteiger partial charge in [-0.25, -0.2) is 0 Å². The van der Waals surface area contributed by atoms with E-state index >= 15 is 0 Å². The van der Waals surface area contributed by atoms with Crippen molar-refractivity contribution in [3.8, 4) is 0 Å². The van der Waals surface area contributed by atoms with Gasteiger partial charge in [-0.2, -0.15) is 0 Å². The maximum Gasteiger partial charge on any atom is 0.293 e. The Morgan fingerprint density at radius 1 is 1.16 bits per heavy atom. The van der Waals surface area contributed by atoms with Crippen molar-refractivity contribution >= 4 is 33.2 Å². The molecule has 2 aliphatic rings. The van der Waals surface area contributed by atoms with Gasteiger partial charge in [-0.3, -0.25) is 19.8 Å². The van der Waals surface area contributed by atoms with Gasteiger partial charge in [0.15, 0.2) is 0 Å². The van der Waals surface area contributed by atoms with Crippen molar-refractivity contribution < 1.29 is 14.5 Å². The lowest BCUT2D eigenvalue weighted by atomic mass is 10.2. The molecular formula is C16H21BrN4O4. The van der Waals surface area contributed by atoms with E-state index in [4.69, 9.17) is 4.74 Å². The fourth-order valence-corrected chi connectivity index (χ4v) is 3.51. The van der Waals surface area contributed by atoms with Gasteiger partial charge in [-0.15, -0.1) is 0 Å². The van der Waals surface area contributed by atoms with Crippen molar-refractivity contribution in [1.82, 2.24) is 9.80 Å². The summed E-state index contributed by atoms with van der Waals surface area (Å²) in [5, 5.41) is 11.3. The first kappa shape index (κ1) is 18.1. The number of piperazine rings is 1. The average molecular weight is 413 g/mol. The number of halogens is 1. The highest BCUT2D eigenvalue weighted by Gasteiger charge is 2.27. The molecule has 1 amide bonds. The van der Waals surface area contributed by atoms with Gasteiger partial charge < -0.3 is 14.5 Å². The summed E-state index contributed by atoms with van der Waals surface area (Å²) >= 11 is 3.27. The van der Waals surface area contributed by atoms with Crippen molar-refractivity contribution in [2.24, 2.45) is 0 Å². The molecular weight excluding hydrogens is 392 g/mol. The predicted octanol–water partition coefficient (Wildman–Crippen LogP) is 1.34. The Balaban J connectivity index is 1.58. The summed E-state index contributed by atoms with van der Waals surface area (Å²) in [6, 6.07) is 5.08. The first-order valence-corrected chi connectivity index (χ1v) is 9.10. The summed E-state index contributed by atoms with van der Waals surface area (Å²) in [6.07, 6.45) is 0. The Morgan fingerprint density at radius 3 is 2.48 bits per heavy atom. The van der Waals surface area contributed by atoms with E-state index in [2.05, 4.69) is 20.8 Å². The molecule has 1 aromatic rings. The maximum absolute atomic E-state index is 12.4. The molecule has 2 aliphatic heterocycles. The molecule has 0 N–H and O–H groups in total. The lowest BCUT2D eigenvalue weighted by Gasteiger charge is -2.37. The normalized spacial score (nSPS) is 19.1. The number of carbonyl (C=O) groups excluding carboxylic acids is 1. The zero-order valence-corrected chi connectivity index (χ0v) is 15.5. The van der Waals surface area contributed by atoms with Crippen LogP contribution < -0.4 is 4.90 Å². The fraction of sp³-hybridized carbons (Fsp3) is 0.562. The first-order chi connectivity index (χ1) is 12.0. The number of nitro benzene ring substituents is 1. The molecule has 25 heavy (non-hydrogen) atoms.